The van der Waals surface area contributed by atoms with Gasteiger partial charge in [-0.05, 0) is 37.5 Å². The number of hydrogen-bond acceptors (Lipinski definition) is 2. The lowest BCUT2D eigenvalue weighted by atomic mass is 9.92. The molecule has 5 nitrogen and oxygen atoms in total. The van der Waals surface area contributed by atoms with Gasteiger partial charge < -0.3 is 15.3 Å². The minimum Gasteiger partial charge on any atom is -0.481 e. The molecule has 2 amide bonds. The van der Waals surface area contributed by atoms with Crippen molar-refractivity contribution in [3.8, 4) is 0 Å². The molecule has 0 aromatic rings. The molecule has 1 heterocycles. The van der Waals surface area contributed by atoms with E-state index in [2.05, 4.69) is 19.2 Å². The van der Waals surface area contributed by atoms with Crippen LogP contribution in [0, 0.1) is 11.8 Å². The van der Waals surface area contributed by atoms with E-state index in [0.717, 1.165) is 45.3 Å². The Morgan fingerprint density at radius 3 is 2.47 bits per heavy atom. The zero-order valence-corrected chi connectivity index (χ0v) is 12.0. The van der Waals surface area contributed by atoms with Crippen LogP contribution in [0.25, 0.3) is 0 Å². The van der Waals surface area contributed by atoms with Crippen molar-refractivity contribution in [3.63, 3.8) is 0 Å². The first-order chi connectivity index (χ1) is 8.99. The number of carbonyl (C=O) groups is 2. The predicted molar refractivity (Wildman–Crippen MR) is 74.0 cm³/mol. The third-order valence-electron chi connectivity index (χ3n) is 3.67. The van der Waals surface area contributed by atoms with Gasteiger partial charge in [-0.15, -0.1) is 0 Å². The van der Waals surface area contributed by atoms with Crippen LogP contribution in [0.1, 0.15) is 46.0 Å². The van der Waals surface area contributed by atoms with Gasteiger partial charge in [0.2, 0.25) is 0 Å². The predicted octanol–water partition coefficient (Wildman–Crippen LogP) is 2.32. The van der Waals surface area contributed by atoms with Crippen LogP contribution in [-0.2, 0) is 4.79 Å². The van der Waals surface area contributed by atoms with E-state index < -0.39 is 5.97 Å². The van der Waals surface area contributed by atoms with Crippen LogP contribution in [0.15, 0.2) is 0 Å². The van der Waals surface area contributed by atoms with Crippen molar-refractivity contribution in [1.82, 2.24) is 10.2 Å². The van der Waals surface area contributed by atoms with Gasteiger partial charge in [0.1, 0.15) is 0 Å². The van der Waals surface area contributed by atoms with Crippen LogP contribution in [-0.4, -0.2) is 41.6 Å². The molecular formula is C14H26N2O3. The average Bonchev–Trinajstić information content (AvgIpc) is 2.36. The number of nitrogens with one attached hydrogen (secondary N) is 1. The Morgan fingerprint density at radius 1 is 1.32 bits per heavy atom. The number of urea groups is 1. The molecule has 0 bridgehead atoms. The van der Waals surface area contributed by atoms with Crippen LogP contribution in [0.4, 0.5) is 4.79 Å². The monoisotopic (exact) mass is 270 g/mol. The fourth-order valence-corrected chi connectivity index (χ4v) is 2.33. The number of rotatable bonds is 6. The standard InChI is InChI=1S/C14H26N2O3/c1-11(2)5-8-15-14(19)16-9-6-12(7-10-16)3-4-13(17)18/h11-12H,3-10H2,1-2H3,(H,15,19)(H,17,18). The maximum Gasteiger partial charge on any atom is 0.317 e. The summed E-state index contributed by atoms with van der Waals surface area (Å²) in [6.45, 7) is 6.51. The summed E-state index contributed by atoms with van der Waals surface area (Å²) in [6, 6.07) is 0.0253. The van der Waals surface area contributed by atoms with Crippen LogP contribution >= 0.6 is 0 Å². The summed E-state index contributed by atoms with van der Waals surface area (Å²) in [4.78, 5) is 24.2. The average molecular weight is 270 g/mol. The largest absolute Gasteiger partial charge is 0.481 e. The van der Waals surface area contributed by atoms with E-state index in [4.69, 9.17) is 5.11 Å². The van der Waals surface area contributed by atoms with E-state index >= 15 is 0 Å². The molecule has 5 heteroatoms. The van der Waals surface area contributed by atoms with Gasteiger partial charge >= 0.3 is 12.0 Å². The van der Waals surface area contributed by atoms with Crippen LogP contribution in [0.5, 0.6) is 0 Å². The van der Waals surface area contributed by atoms with Gasteiger partial charge in [0.25, 0.3) is 0 Å². The zero-order chi connectivity index (χ0) is 14.3. The number of carboxylic acid groups (broad SMARTS) is 1. The number of carbonyl (C=O) groups excluding carboxylic acids is 1. The first-order valence-corrected chi connectivity index (χ1v) is 7.23. The van der Waals surface area contributed by atoms with Gasteiger partial charge in [-0.25, -0.2) is 4.79 Å². The fraction of sp³-hybridized carbons (Fsp3) is 0.857. The first kappa shape index (κ1) is 15.8. The van der Waals surface area contributed by atoms with Gasteiger partial charge in [0.15, 0.2) is 0 Å². The van der Waals surface area contributed by atoms with Crippen molar-refractivity contribution in [2.75, 3.05) is 19.6 Å². The highest BCUT2D eigenvalue weighted by Crippen LogP contribution is 2.21. The Balaban J connectivity index is 2.18. The normalized spacial score (nSPS) is 16.7. The van der Waals surface area contributed by atoms with Gasteiger partial charge in [-0.2, -0.15) is 0 Å². The van der Waals surface area contributed by atoms with Gasteiger partial charge in [-0.1, -0.05) is 13.8 Å². The second kappa shape index (κ2) is 8.02. The molecule has 2 N–H and O–H groups in total. The van der Waals surface area contributed by atoms with Crippen molar-refractivity contribution in [3.05, 3.63) is 0 Å². The second-order valence-corrected chi connectivity index (χ2v) is 5.78. The molecule has 19 heavy (non-hydrogen) atoms. The molecule has 1 aliphatic heterocycles. The lowest BCUT2D eigenvalue weighted by molar-refractivity contribution is -0.137. The molecule has 0 aromatic heterocycles. The summed E-state index contributed by atoms with van der Waals surface area (Å²) in [6.07, 6.45) is 3.82. The molecule has 0 unspecified atom stereocenters. The van der Waals surface area contributed by atoms with Crippen molar-refractivity contribution in [1.29, 1.82) is 0 Å². The fourth-order valence-electron chi connectivity index (χ4n) is 2.33. The molecule has 0 radical (unpaired) electrons. The molecule has 1 rings (SSSR count). The minimum absolute atomic E-state index is 0.0253. The SMILES string of the molecule is CC(C)CCNC(=O)N1CCC(CCC(=O)O)CC1. The van der Waals surface area contributed by atoms with Gasteiger partial charge in [0, 0.05) is 26.1 Å². The van der Waals surface area contributed by atoms with Crippen LogP contribution < -0.4 is 5.32 Å². The highest BCUT2D eigenvalue weighted by atomic mass is 16.4. The van der Waals surface area contributed by atoms with E-state index in [1.165, 1.54) is 0 Å². The highest BCUT2D eigenvalue weighted by molar-refractivity contribution is 5.74. The van der Waals surface area contributed by atoms with E-state index in [0.29, 0.717) is 11.8 Å². The van der Waals surface area contributed by atoms with E-state index in [9.17, 15) is 9.59 Å². The van der Waals surface area contributed by atoms with Gasteiger partial charge in [0.05, 0.1) is 0 Å². The quantitative estimate of drug-likeness (QED) is 0.778. The number of likely N-dealkylation sites (tertiary alicyclic amines) is 1. The maximum atomic E-state index is 11.9. The number of amides is 2. The molecule has 0 saturated carbocycles. The van der Waals surface area contributed by atoms with Crippen molar-refractivity contribution >= 4 is 12.0 Å². The second-order valence-electron chi connectivity index (χ2n) is 5.78. The number of nitrogens with zero attached hydrogens (tertiary/aromatic N) is 1. The Morgan fingerprint density at radius 2 is 1.95 bits per heavy atom. The Kier molecular flexibility index (Phi) is 6.67. The van der Waals surface area contributed by atoms with Crippen LogP contribution in [0.3, 0.4) is 0 Å². The minimum atomic E-state index is -0.728. The summed E-state index contributed by atoms with van der Waals surface area (Å²) in [5.74, 6) is 0.326. The third-order valence-corrected chi connectivity index (χ3v) is 3.67. The molecular weight excluding hydrogens is 244 g/mol. The number of carboxylic acids is 1. The molecule has 0 atom stereocenters. The molecule has 1 aliphatic rings. The number of piperidine rings is 1. The van der Waals surface area contributed by atoms with E-state index in [1.807, 2.05) is 4.90 Å². The molecule has 0 spiro atoms. The number of aliphatic carboxylic acids is 1. The Hall–Kier alpha value is -1.26. The first-order valence-electron chi connectivity index (χ1n) is 7.23. The maximum absolute atomic E-state index is 11.9. The molecule has 1 saturated heterocycles. The molecule has 1 fully saturated rings. The third kappa shape index (κ3) is 6.45. The summed E-state index contributed by atoms with van der Waals surface area (Å²) in [7, 11) is 0. The summed E-state index contributed by atoms with van der Waals surface area (Å²) < 4.78 is 0. The van der Waals surface area contributed by atoms with E-state index in [-0.39, 0.29) is 12.5 Å². The van der Waals surface area contributed by atoms with Gasteiger partial charge in [-0.3, -0.25) is 4.79 Å². The summed E-state index contributed by atoms with van der Waals surface area (Å²) in [5, 5.41) is 11.6. The van der Waals surface area contributed by atoms with E-state index in [1.54, 1.807) is 0 Å². The molecule has 0 aliphatic carbocycles. The highest BCUT2D eigenvalue weighted by Gasteiger charge is 2.22. The van der Waals surface area contributed by atoms with Crippen LogP contribution in [0.2, 0.25) is 0 Å². The smallest absolute Gasteiger partial charge is 0.317 e. The van der Waals surface area contributed by atoms with Crippen molar-refractivity contribution < 1.29 is 14.7 Å². The summed E-state index contributed by atoms with van der Waals surface area (Å²) >= 11 is 0. The topological polar surface area (TPSA) is 69.6 Å². The number of hydrogen-bond donors (Lipinski definition) is 2. The summed E-state index contributed by atoms with van der Waals surface area (Å²) in [5.41, 5.74) is 0. The van der Waals surface area contributed by atoms with Crippen molar-refractivity contribution in [2.24, 2.45) is 11.8 Å². The molecule has 0 aromatic carbocycles. The Bertz CT molecular complexity index is 297. The van der Waals surface area contributed by atoms with Crippen molar-refractivity contribution in [2.45, 2.75) is 46.0 Å². The zero-order valence-electron chi connectivity index (χ0n) is 12.0. The lowest BCUT2D eigenvalue weighted by Gasteiger charge is -2.32. The Labute approximate surface area is 115 Å². The lowest BCUT2D eigenvalue weighted by Crippen LogP contribution is -2.44. The molecule has 110 valence electrons.